The fourth-order valence-electron chi connectivity index (χ4n) is 3.32. The molecule has 192 valence electrons. The van der Waals surface area contributed by atoms with E-state index in [0.29, 0.717) is 5.69 Å². The standard InChI is InChI=1S/C24H21ClN4O6S2/c1-2-3-12-35-23(32)15-5-4-6-17(14-15)29-21(30)19(25)20(22(29)31)27-16-7-9-18(10-8-16)37(33,34)28-24-26-11-13-36-24/h4-11,13-14,27H,2-3,12H2,1H3,(H,26,28). The number of carbonyl (C=O) groups is 3. The molecule has 2 amide bonds. The van der Waals surface area contributed by atoms with Crippen molar-refractivity contribution < 1.29 is 27.5 Å². The highest BCUT2D eigenvalue weighted by Crippen LogP contribution is 2.31. The van der Waals surface area contributed by atoms with Crippen LogP contribution in [0.2, 0.25) is 0 Å². The number of amides is 2. The number of imide groups is 1. The highest BCUT2D eigenvalue weighted by atomic mass is 35.5. The molecule has 0 saturated carbocycles. The van der Waals surface area contributed by atoms with Gasteiger partial charge in [0.1, 0.15) is 10.7 Å². The van der Waals surface area contributed by atoms with Gasteiger partial charge in [0.2, 0.25) is 0 Å². The van der Waals surface area contributed by atoms with Gasteiger partial charge in [-0.1, -0.05) is 31.0 Å². The van der Waals surface area contributed by atoms with Crippen molar-refractivity contribution in [2.45, 2.75) is 24.7 Å². The van der Waals surface area contributed by atoms with Gasteiger partial charge < -0.3 is 10.1 Å². The minimum absolute atomic E-state index is 0.0218. The number of nitrogens with one attached hydrogen (secondary N) is 2. The van der Waals surface area contributed by atoms with Crippen LogP contribution < -0.4 is 14.9 Å². The van der Waals surface area contributed by atoms with Crippen molar-refractivity contribution in [1.29, 1.82) is 0 Å². The first-order valence-electron chi connectivity index (χ1n) is 11.1. The van der Waals surface area contributed by atoms with Gasteiger partial charge in [-0.15, -0.1) is 11.3 Å². The highest BCUT2D eigenvalue weighted by Gasteiger charge is 2.39. The van der Waals surface area contributed by atoms with E-state index in [1.807, 2.05) is 6.92 Å². The number of thiazole rings is 1. The van der Waals surface area contributed by atoms with Gasteiger partial charge >= 0.3 is 5.97 Å². The lowest BCUT2D eigenvalue weighted by Gasteiger charge is -2.16. The Bertz CT molecular complexity index is 1470. The molecule has 0 bridgehead atoms. The molecule has 2 aromatic carbocycles. The van der Waals surface area contributed by atoms with Gasteiger partial charge in [0.25, 0.3) is 21.8 Å². The Morgan fingerprint density at radius 2 is 1.89 bits per heavy atom. The molecule has 0 atom stereocenters. The van der Waals surface area contributed by atoms with Crippen LogP contribution in [-0.4, -0.2) is 37.8 Å². The molecule has 2 heterocycles. The van der Waals surface area contributed by atoms with E-state index in [9.17, 15) is 22.8 Å². The number of anilines is 3. The summed E-state index contributed by atoms with van der Waals surface area (Å²) in [6.45, 7) is 2.24. The number of nitrogens with zero attached hydrogens (tertiary/aromatic N) is 2. The topological polar surface area (TPSA) is 135 Å². The fraction of sp³-hybridized carbons (Fsp3) is 0.167. The van der Waals surface area contributed by atoms with Crippen LogP contribution in [0.15, 0.2) is 75.7 Å². The Hall–Kier alpha value is -3.74. The van der Waals surface area contributed by atoms with Crippen LogP contribution in [0, 0.1) is 0 Å². The van der Waals surface area contributed by atoms with Gasteiger partial charge in [-0.2, -0.15) is 0 Å². The lowest BCUT2D eigenvalue weighted by molar-refractivity contribution is -0.120. The summed E-state index contributed by atoms with van der Waals surface area (Å²) in [7, 11) is -3.86. The van der Waals surface area contributed by atoms with Crippen molar-refractivity contribution in [3.63, 3.8) is 0 Å². The number of unbranched alkanes of at least 4 members (excludes halogenated alkanes) is 1. The average Bonchev–Trinajstić information content (AvgIpc) is 3.46. The van der Waals surface area contributed by atoms with E-state index in [0.717, 1.165) is 29.1 Å². The SMILES string of the molecule is CCCCOC(=O)c1cccc(N2C(=O)C(Cl)=C(Nc3ccc(S(=O)(=O)Nc4nccs4)cc3)C2=O)c1. The Labute approximate surface area is 222 Å². The molecule has 1 aromatic heterocycles. The Kier molecular flexibility index (Phi) is 7.91. The average molecular weight is 561 g/mol. The summed E-state index contributed by atoms with van der Waals surface area (Å²) < 4.78 is 32.6. The van der Waals surface area contributed by atoms with Crippen molar-refractivity contribution in [3.05, 3.63) is 76.4 Å². The van der Waals surface area contributed by atoms with Crippen LogP contribution in [0.3, 0.4) is 0 Å². The van der Waals surface area contributed by atoms with E-state index in [1.54, 1.807) is 5.38 Å². The first-order chi connectivity index (χ1) is 17.7. The third-order valence-electron chi connectivity index (χ3n) is 5.19. The van der Waals surface area contributed by atoms with Crippen molar-refractivity contribution in [1.82, 2.24) is 4.98 Å². The second kappa shape index (κ2) is 11.1. The molecule has 0 unspecified atom stereocenters. The molecular weight excluding hydrogens is 540 g/mol. The molecule has 4 rings (SSSR count). The predicted octanol–water partition coefficient (Wildman–Crippen LogP) is 4.34. The molecule has 2 N–H and O–H groups in total. The summed E-state index contributed by atoms with van der Waals surface area (Å²) in [5.41, 5.74) is 0.496. The quantitative estimate of drug-likeness (QED) is 0.212. The van der Waals surface area contributed by atoms with Crippen molar-refractivity contribution in [3.8, 4) is 0 Å². The lowest BCUT2D eigenvalue weighted by Crippen LogP contribution is -2.32. The molecule has 0 aliphatic carbocycles. The Morgan fingerprint density at radius 3 is 2.57 bits per heavy atom. The minimum Gasteiger partial charge on any atom is -0.462 e. The van der Waals surface area contributed by atoms with E-state index >= 15 is 0 Å². The monoisotopic (exact) mass is 560 g/mol. The second-order valence-electron chi connectivity index (χ2n) is 7.77. The summed E-state index contributed by atoms with van der Waals surface area (Å²) in [6.07, 6.45) is 3.07. The number of halogens is 1. The summed E-state index contributed by atoms with van der Waals surface area (Å²) >= 11 is 7.33. The van der Waals surface area contributed by atoms with E-state index in [2.05, 4.69) is 15.0 Å². The zero-order chi connectivity index (χ0) is 26.6. The molecular formula is C24H21ClN4O6S2. The van der Waals surface area contributed by atoms with Crippen LogP contribution in [0.1, 0.15) is 30.1 Å². The molecule has 37 heavy (non-hydrogen) atoms. The molecule has 1 aliphatic heterocycles. The second-order valence-corrected chi connectivity index (χ2v) is 10.7. The number of sulfonamides is 1. The van der Waals surface area contributed by atoms with Crippen LogP contribution in [0.5, 0.6) is 0 Å². The van der Waals surface area contributed by atoms with Crippen LogP contribution in [0.4, 0.5) is 16.5 Å². The highest BCUT2D eigenvalue weighted by molar-refractivity contribution is 7.93. The molecule has 0 radical (unpaired) electrons. The Balaban J connectivity index is 1.49. The Morgan fingerprint density at radius 1 is 1.14 bits per heavy atom. The predicted molar refractivity (Wildman–Crippen MR) is 140 cm³/mol. The van der Waals surface area contributed by atoms with Gasteiger partial charge in [0, 0.05) is 17.3 Å². The lowest BCUT2D eigenvalue weighted by atomic mass is 10.2. The molecule has 1 aliphatic rings. The largest absolute Gasteiger partial charge is 0.462 e. The molecule has 0 spiro atoms. The first-order valence-corrected chi connectivity index (χ1v) is 13.8. The maximum Gasteiger partial charge on any atom is 0.338 e. The fourth-order valence-corrected chi connectivity index (χ4v) is 5.32. The smallest absolute Gasteiger partial charge is 0.338 e. The summed E-state index contributed by atoms with van der Waals surface area (Å²) in [5.74, 6) is -2.06. The van der Waals surface area contributed by atoms with Crippen molar-refractivity contribution in [2.75, 3.05) is 21.5 Å². The van der Waals surface area contributed by atoms with E-state index < -0.39 is 27.8 Å². The maximum atomic E-state index is 13.1. The summed E-state index contributed by atoms with van der Waals surface area (Å²) in [5, 5.41) is 4.31. The number of ether oxygens (including phenoxy) is 1. The van der Waals surface area contributed by atoms with Gasteiger partial charge in [-0.3, -0.25) is 14.3 Å². The number of esters is 1. The third kappa shape index (κ3) is 5.82. The first kappa shape index (κ1) is 26.3. The van der Waals surface area contributed by atoms with E-state index in [4.69, 9.17) is 16.3 Å². The third-order valence-corrected chi connectivity index (χ3v) is 7.71. The molecule has 0 fully saturated rings. The zero-order valence-corrected chi connectivity index (χ0v) is 21.8. The van der Waals surface area contributed by atoms with Gasteiger partial charge in [0.15, 0.2) is 5.13 Å². The van der Waals surface area contributed by atoms with Crippen LogP contribution in [0.25, 0.3) is 0 Å². The van der Waals surface area contributed by atoms with Gasteiger partial charge in [-0.25, -0.2) is 23.1 Å². The van der Waals surface area contributed by atoms with Crippen molar-refractivity contribution >= 4 is 67.3 Å². The number of hydrogen-bond donors (Lipinski definition) is 2. The number of carbonyl (C=O) groups excluding carboxylic acids is 3. The van der Waals surface area contributed by atoms with Crippen molar-refractivity contribution in [2.24, 2.45) is 0 Å². The van der Waals surface area contributed by atoms with E-state index in [1.165, 1.54) is 54.7 Å². The van der Waals surface area contributed by atoms with Crippen LogP contribution >= 0.6 is 22.9 Å². The van der Waals surface area contributed by atoms with Crippen LogP contribution in [-0.2, 0) is 24.3 Å². The normalized spacial score (nSPS) is 13.7. The van der Waals surface area contributed by atoms with E-state index in [-0.39, 0.29) is 38.6 Å². The summed E-state index contributed by atoms with van der Waals surface area (Å²) in [4.78, 5) is 42.9. The summed E-state index contributed by atoms with van der Waals surface area (Å²) in [6, 6.07) is 11.5. The number of hydrogen-bond acceptors (Lipinski definition) is 9. The number of aromatic nitrogens is 1. The minimum atomic E-state index is -3.86. The number of benzene rings is 2. The van der Waals surface area contributed by atoms with Gasteiger partial charge in [0.05, 0.1) is 22.8 Å². The van der Waals surface area contributed by atoms with Gasteiger partial charge in [-0.05, 0) is 48.9 Å². The molecule has 3 aromatic rings. The molecule has 10 nitrogen and oxygen atoms in total. The molecule has 0 saturated heterocycles. The zero-order valence-electron chi connectivity index (χ0n) is 19.4. The molecule has 13 heteroatoms. The number of rotatable bonds is 10. The maximum absolute atomic E-state index is 13.1.